The van der Waals surface area contributed by atoms with Crippen LogP contribution in [0.4, 0.5) is 5.69 Å². The molecule has 0 fully saturated rings. The molecule has 4 aromatic rings. The van der Waals surface area contributed by atoms with Crippen LogP contribution in [-0.2, 0) is 22.6 Å². The Morgan fingerprint density at radius 1 is 0.971 bits per heavy atom. The van der Waals surface area contributed by atoms with Crippen LogP contribution in [0.5, 0.6) is 0 Å². The first-order valence-electron chi connectivity index (χ1n) is 11.8. The summed E-state index contributed by atoms with van der Waals surface area (Å²) in [4.78, 5) is 28.2. The first-order chi connectivity index (χ1) is 16.5. The molecule has 5 nitrogen and oxygen atoms in total. The van der Waals surface area contributed by atoms with Gasteiger partial charge in [0.2, 0.25) is 11.8 Å². The van der Waals surface area contributed by atoms with Gasteiger partial charge in [0.25, 0.3) is 0 Å². The molecule has 2 unspecified atom stereocenters. The van der Waals surface area contributed by atoms with Crippen LogP contribution in [-0.4, -0.2) is 30.9 Å². The molecule has 0 radical (unpaired) electrons. The molecular formula is C29H30ClN3O2. The van der Waals surface area contributed by atoms with E-state index < -0.39 is 6.04 Å². The molecule has 180 valence electrons. The third-order valence-corrected chi connectivity index (χ3v) is 6.86. The quantitative estimate of drug-likeness (QED) is 0.390. The second-order valence-corrected chi connectivity index (χ2v) is 9.00. The molecule has 0 spiro atoms. The van der Waals surface area contributed by atoms with Gasteiger partial charge in [0.1, 0.15) is 6.04 Å². The van der Waals surface area contributed by atoms with Crippen molar-refractivity contribution >= 4 is 51.5 Å². The highest BCUT2D eigenvalue weighted by atomic mass is 35.5. The molecule has 2 amide bonds. The molecule has 0 saturated heterocycles. The number of para-hydroxylation sites is 1. The molecule has 1 aliphatic rings. The van der Waals surface area contributed by atoms with Crippen molar-refractivity contribution in [3.05, 3.63) is 90.0 Å². The van der Waals surface area contributed by atoms with Crippen LogP contribution in [0.3, 0.4) is 0 Å². The van der Waals surface area contributed by atoms with Gasteiger partial charge in [0.05, 0.1) is 12.6 Å². The number of halogens is 1. The molecule has 0 aliphatic carbocycles. The minimum absolute atomic E-state index is 0. The standard InChI is InChI=1S/C29H29N3O2.ClH/c1-19(30-2)28(33)31-26-15-14-20-8-5-6-13-27(20)32(29(26)34)18-24-12-7-11-23-16-21-9-3-4-10-22(21)17-25(23)24;/h3-13,16-17,19,26,30H,14-15,18H2,1-2H3,(H,31,33);1H. The number of hydrogen-bond donors (Lipinski definition) is 2. The summed E-state index contributed by atoms with van der Waals surface area (Å²) in [6, 6.07) is 26.1. The number of aryl methyl sites for hydroxylation is 1. The number of nitrogens with zero attached hydrogens (tertiary/aromatic N) is 1. The summed E-state index contributed by atoms with van der Waals surface area (Å²) < 4.78 is 0. The summed E-state index contributed by atoms with van der Waals surface area (Å²) in [5, 5.41) is 10.6. The molecule has 1 aliphatic heterocycles. The molecule has 1 heterocycles. The van der Waals surface area contributed by atoms with Gasteiger partial charge in [0.15, 0.2) is 0 Å². The number of carbonyl (C=O) groups excluding carboxylic acids is 2. The molecular weight excluding hydrogens is 458 g/mol. The van der Waals surface area contributed by atoms with E-state index in [2.05, 4.69) is 59.2 Å². The fourth-order valence-corrected chi connectivity index (χ4v) is 4.78. The monoisotopic (exact) mass is 487 g/mol. The Kier molecular flexibility index (Phi) is 7.39. The van der Waals surface area contributed by atoms with E-state index in [1.807, 2.05) is 35.2 Å². The number of benzene rings is 4. The van der Waals surface area contributed by atoms with Gasteiger partial charge in [-0.05, 0) is 77.7 Å². The predicted octanol–water partition coefficient (Wildman–Crippen LogP) is 4.99. The van der Waals surface area contributed by atoms with Crippen LogP contribution in [0.1, 0.15) is 24.5 Å². The van der Waals surface area contributed by atoms with Crippen molar-refractivity contribution < 1.29 is 9.59 Å². The lowest BCUT2D eigenvalue weighted by Crippen LogP contribution is -2.52. The number of carbonyl (C=O) groups is 2. The van der Waals surface area contributed by atoms with Crippen molar-refractivity contribution in [3.63, 3.8) is 0 Å². The first kappa shape index (κ1) is 24.7. The average molecular weight is 488 g/mol. The number of rotatable bonds is 5. The van der Waals surface area contributed by atoms with Gasteiger partial charge in [-0.2, -0.15) is 0 Å². The van der Waals surface area contributed by atoms with Gasteiger partial charge in [-0.15, -0.1) is 12.4 Å². The Hall–Kier alpha value is -3.41. The zero-order valence-electron chi connectivity index (χ0n) is 20.0. The van der Waals surface area contributed by atoms with Crippen LogP contribution in [0.25, 0.3) is 21.5 Å². The van der Waals surface area contributed by atoms with E-state index in [-0.39, 0.29) is 30.3 Å². The van der Waals surface area contributed by atoms with Gasteiger partial charge < -0.3 is 15.5 Å². The van der Waals surface area contributed by atoms with Crippen molar-refractivity contribution in [3.8, 4) is 0 Å². The van der Waals surface area contributed by atoms with Crippen LogP contribution in [0, 0.1) is 0 Å². The lowest BCUT2D eigenvalue weighted by molar-refractivity contribution is -0.128. The molecule has 2 N–H and O–H groups in total. The van der Waals surface area contributed by atoms with E-state index in [9.17, 15) is 9.59 Å². The van der Waals surface area contributed by atoms with E-state index in [0.717, 1.165) is 34.0 Å². The van der Waals surface area contributed by atoms with E-state index in [0.29, 0.717) is 13.0 Å². The Morgan fingerprint density at radius 2 is 1.66 bits per heavy atom. The lowest BCUT2D eigenvalue weighted by atomic mass is 9.99. The number of nitrogens with one attached hydrogen (secondary N) is 2. The zero-order chi connectivity index (χ0) is 23.7. The summed E-state index contributed by atoms with van der Waals surface area (Å²) in [6.07, 6.45) is 1.31. The largest absolute Gasteiger partial charge is 0.343 e. The normalized spacial score (nSPS) is 16.3. The molecule has 2 atom stereocenters. The predicted molar refractivity (Wildman–Crippen MR) is 145 cm³/mol. The Morgan fingerprint density at radius 3 is 2.43 bits per heavy atom. The van der Waals surface area contributed by atoms with Crippen LogP contribution in [0.15, 0.2) is 78.9 Å². The van der Waals surface area contributed by atoms with E-state index in [1.165, 1.54) is 10.8 Å². The molecule has 35 heavy (non-hydrogen) atoms. The van der Waals surface area contributed by atoms with E-state index in [4.69, 9.17) is 0 Å². The second kappa shape index (κ2) is 10.5. The smallest absolute Gasteiger partial charge is 0.249 e. The summed E-state index contributed by atoms with van der Waals surface area (Å²) in [6.45, 7) is 2.24. The molecule has 5 rings (SSSR count). The minimum Gasteiger partial charge on any atom is -0.343 e. The highest BCUT2D eigenvalue weighted by Crippen LogP contribution is 2.31. The van der Waals surface area contributed by atoms with Gasteiger partial charge in [-0.25, -0.2) is 0 Å². The van der Waals surface area contributed by atoms with E-state index in [1.54, 1.807) is 14.0 Å². The Bertz CT molecular complexity index is 1390. The molecule has 6 heteroatoms. The Balaban J connectivity index is 0.00000289. The number of hydrogen-bond acceptors (Lipinski definition) is 3. The molecule has 0 aromatic heterocycles. The highest BCUT2D eigenvalue weighted by Gasteiger charge is 2.32. The number of fused-ring (bicyclic) bond motifs is 3. The minimum atomic E-state index is -0.563. The first-order valence-corrected chi connectivity index (χ1v) is 11.8. The molecule has 0 saturated carbocycles. The van der Waals surface area contributed by atoms with Crippen molar-refractivity contribution in [1.29, 1.82) is 0 Å². The third-order valence-electron chi connectivity index (χ3n) is 6.86. The number of amides is 2. The van der Waals surface area contributed by atoms with Crippen molar-refractivity contribution in [1.82, 2.24) is 10.6 Å². The van der Waals surface area contributed by atoms with E-state index >= 15 is 0 Å². The maximum Gasteiger partial charge on any atom is 0.249 e. The summed E-state index contributed by atoms with van der Waals surface area (Å²) in [7, 11) is 1.74. The fourth-order valence-electron chi connectivity index (χ4n) is 4.78. The average Bonchev–Trinajstić information content (AvgIpc) is 2.99. The van der Waals surface area contributed by atoms with Gasteiger partial charge in [-0.1, -0.05) is 60.7 Å². The highest BCUT2D eigenvalue weighted by molar-refractivity contribution is 6.03. The maximum atomic E-state index is 13.8. The van der Waals surface area contributed by atoms with Gasteiger partial charge in [-0.3, -0.25) is 9.59 Å². The SMILES string of the molecule is CNC(C)C(=O)NC1CCc2ccccc2N(Cc2cccc3cc4ccccc4cc23)C1=O.Cl. The summed E-state index contributed by atoms with van der Waals surface area (Å²) >= 11 is 0. The van der Waals surface area contributed by atoms with Crippen LogP contribution >= 0.6 is 12.4 Å². The van der Waals surface area contributed by atoms with Gasteiger partial charge >= 0.3 is 0 Å². The van der Waals surface area contributed by atoms with Crippen molar-refractivity contribution in [2.24, 2.45) is 0 Å². The Labute approximate surface area is 211 Å². The van der Waals surface area contributed by atoms with Crippen LogP contribution in [0.2, 0.25) is 0 Å². The molecule has 0 bridgehead atoms. The number of likely N-dealkylation sites (N-methyl/N-ethyl adjacent to an activating group) is 1. The van der Waals surface area contributed by atoms with Crippen molar-refractivity contribution in [2.45, 2.75) is 38.4 Å². The molecule has 4 aromatic carbocycles. The zero-order valence-corrected chi connectivity index (χ0v) is 20.8. The summed E-state index contributed by atoms with van der Waals surface area (Å²) in [5.41, 5.74) is 3.13. The second-order valence-electron chi connectivity index (χ2n) is 9.00. The maximum absolute atomic E-state index is 13.8. The fraction of sp³-hybridized carbons (Fsp3) is 0.241. The van der Waals surface area contributed by atoms with Crippen molar-refractivity contribution in [2.75, 3.05) is 11.9 Å². The number of anilines is 1. The topological polar surface area (TPSA) is 61.4 Å². The lowest BCUT2D eigenvalue weighted by Gasteiger charge is -2.27. The van der Waals surface area contributed by atoms with Crippen LogP contribution < -0.4 is 15.5 Å². The third kappa shape index (κ3) is 4.88. The summed E-state index contributed by atoms with van der Waals surface area (Å²) in [5.74, 6) is -0.234. The van der Waals surface area contributed by atoms with Gasteiger partial charge in [0, 0.05) is 5.69 Å².